The number of amides is 2. The Morgan fingerprint density at radius 3 is 2.38 bits per heavy atom. The van der Waals surface area contributed by atoms with E-state index in [-0.39, 0.29) is 31.0 Å². The highest BCUT2D eigenvalue weighted by atomic mass is 79.9. The summed E-state index contributed by atoms with van der Waals surface area (Å²) >= 11 is 9.67. The molecule has 0 saturated heterocycles. The molecular weight excluding hydrogens is 456 g/mol. The van der Waals surface area contributed by atoms with Crippen LogP contribution in [-0.2, 0) is 16.1 Å². The van der Waals surface area contributed by atoms with E-state index in [1.54, 1.807) is 18.2 Å². The van der Waals surface area contributed by atoms with Gasteiger partial charge in [0.05, 0.1) is 0 Å². The molecule has 0 heterocycles. The predicted octanol–water partition coefficient (Wildman–Crippen LogP) is 4.81. The van der Waals surface area contributed by atoms with Crippen molar-refractivity contribution in [1.82, 2.24) is 10.2 Å². The van der Waals surface area contributed by atoms with Crippen molar-refractivity contribution in [3.8, 4) is 5.75 Å². The molecule has 0 aliphatic carbocycles. The molecule has 0 radical (unpaired) electrons. The fourth-order valence-corrected chi connectivity index (χ4v) is 3.33. The second-order valence-electron chi connectivity index (χ2n) is 6.94. The van der Waals surface area contributed by atoms with Gasteiger partial charge in [0.2, 0.25) is 5.91 Å². The second-order valence-corrected chi connectivity index (χ2v) is 8.27. The number of hydrogen-bond acceptors (Lipinski definition) is 3. The van der Waals surface area contributed by atoms with Crippen LogP contribution in [0.4, 0.5) is 0 Å². The van der Waals surface area contributed by atoms with Crippen LogP contribution in [-0.4, -0.2) is 35.4 Å². The van der Waals surface area contributed by atoms with Gasteiger partial charge >= 0.3 is 0 Å². The SMILES string of the molecule is CCC(C(=O)NC(C)C)N(Cc1ccccc1Cl)C(=O)COc1ccc(Br)cc1. The van der Waals surface area contributed by atoms with Crippen LogP contribution >= 0.6 is 27.5 Å². The molecule has 0 bridgehead atoms. The average molecular weight is 482 g/mol. The molecule has 2 rings (SSSR count). The summed E-state index contributed by atoms with van der Waals surface area (Å²) in [4.78, 5) is 27.3. The van der Waals surface area contributed by atoms with Gasteiger partial charge in [0.25, 0.3) is 5.91 Å². The van der Waals surface area contributed by atoms with Crippen molar-refractivity contribution in [2.24, 2.45) is 0 Å². The third kappa shape index (κ3) is 7.05. The van der Waals surface area contributed by atoms with E-state index in [0.29, 0.717) is 17.2 Å². The molecule has 1 unspecified atom stereocenters. The van der Waals surface area contributed by atoms with Crippen LogP contribution in [0.3, 0.4) is 0 Å². The maximum Gasteiger partial charge on any atom is 0.261 e. The largest absolute Gasteiger partial charge is 0.484 e. The van der Waals surface area contributed by atoms with Gasteiger partial charge in [-0.05, 0) is 56.2 Å². The van der Waals surface area contributed by atoms with E-state index < -0.39 is 6.04 Å². The van der Waals surface area contributed by atoms with Crippen LogP contribution in [0.25, 0.3) is 0 Å². The maximum absolute atomic E-state index is 13.1. The lowest BCUT2D eigenvalue weighted by Crippen LogP contribution is -2.51. The first-order chi connectivity index (χ1) is 13.8. The summed E-state index contributed by atoms with van der Waals surface area (Å²) < 4.78 is 6.57. The standard InChI is InChI=1S/C22H26BrClN2O3/c1-4-20(22(28)25-15(2)3)26(13-16-7-5-6-8-19(16)24)21(27)14-29-18-11-9-17(23)10-12-18/h5-12,15,20H,4,13-14H2,1-3H3,(H,25,28). The smallest absolute Gasteiger partial charge is 0.261 e. The summed E-state index contributed by atoms with van der Waals surface area (Å²) in [6, 6.07) is 13.9. The zero-order valence-electron chi connectivity index (χ0n) is 16.8. The van der Waals surface area contributed by atoms with Crippen molar-refractivity contribution in [1.29, 1.82) is 0 Å². The average Bonchev–Trinajstić information content (AvgIpc) is 2.68. The number of ether oxygens (including phenoxy) is 1. The molecule has 1 atom stereocenters. The van der Waals surface area contributed by atoms with Crippen molar-refractivity contribution < 1.29 is 14.3 Å². The topological polar surface area (TPSA) is 58.6 Å². The van der Waals surface area contributed by atoms with Crippen molar-refractivity contribution in [3.05, 3.63) is 63.6 Å². The monoisotopic (exact) mass is 480 g/mol. The maximum atomic E-state index is 13.1. The Hall–Kier alpha value is -2.05. The number of nitrogens with zero attached hydrogens (tertiary/aromatic N) is 1. The molecule has 0 aromatic heterocycles. The van der Waals surface area contributed by atoms with Crippen LogP contribution in [0.2, 0.25) is 5.02 Å². The fraction of sp³-hybridized carbons (Fsp3) is 0.364. The second kappa shape index (κ2) is 11.2. The molecule has 0 aliphatic rings. The number of nitrogens with one attached hydrogen (secondary N) is 1. The Bertz CT molecular complexity index is 827. The molecule has 7 heteroatoms. The summed E-state index contributed by atoms with van der Waals surface area (Å²) in [5.41, 5.74) is 0.780. The highest BCUT2D eigenvalue weighted by Crippen LogP contribution is 2.21. The Morgan fingerprint density at radius 2 is 1.79 bits per heavy atom. The summed E-state index contributed by atoms with van der Waals surface area (Å²) in [7, 11) is 0. The van der Waals surface area contributed by atoms with Crippen LogP contribution in [0, 0.1) is 0 Å². The minimum atomic E-state index is -0.616. The first-order valence-corrected chi connectivity index (χ1v) is 10.7. The molecule has 2 aromatic rings. The highest BCUT2D eigenvalue weighted by Gasteiger charge is 2.29. The van der Waals surface area contributed by atoms with Gasteiger partial charge in [-0.15, -0.1) is 0 Å². The van der Waals surface area contributed by atoms with E-state index in [4.69, 9.17) is 16.3 Å². The van der Waals surface area contributed by atoms with E-state index in [9.17, 15) is 9.59 Å². The Balaban J connectivity index is 2.21. The molecule has 29 heavy (non-hydrogen) atoms. The number of benzene rings is 2. The number of carbonyl (C=O) groups is 2. The summed E-state index contributed by atoms with van der Waals surface area (Å²) in [5, 5.41) is 3.45. The predicted molar refractivity (Wildman–Crippen MR) is 119 cm³/mol. The first-order valence-electron chi connectivity index (χ1n) is 9.53. The number of halogens is 2. The van der Waals surface area contributed by atoms with E-state index in [2.05, 4.69) is 21.2 Å². The minimum Gasteiger partial charge on any atom is -0.484 e. The molecule has 156 valence electrons. The van der Waals surface area contributed by atoms with Gasteiger partial charge in [-0.2, -0.15) is 0 Å². The third-order valence-corrected chi connectivity index (χ3v) is 5.19. The third-order valence-electron chi connectivity index (χ3n) is 4.29. The summed E-state index contributed by atoms with van der Waals surface area (Å²) in [5.74, 6) is 0.115. The van der Waals surface area contributed by atoms with Crippen LogP contribution in [0.5, 0.6) is 5.75 Å². The molecule has 0 aliphatic heterocycles. The van der Waals surface area contributed by atoms with Gasteiger partial charge in [-0.3, -0.25) is 9.59 Å². The molecule has 2 amide bonds. The van der Waals surface area contributed by atoms with Gasteiger partial charge in [0, 0.05) is 22.1 Å². The quantitative estimate of drug-likeness (QED) is 0.559. The van der Waals surface area contributed by atoms with Crippen molar-refractivity contribution in [2.75, 3.05) is 6.61 Å². The Morgan fingerprint density at radius 1 is 1.14 bits per heavy atom. The van der Waals surface area contributed by atoms with Gasteiger partial charge in [0.1, 0.15) is 11.8 Å². The van der Waals surface area contributed by atoms with Gasteiger partial charge in [0.15, 0.2) is 6.61 Å². The normalized spacial score (nSPS) is 11.8. The van der Waals surface area contributed by atoms with Gasteiger partial charge in [-0.25, -0.2) is 0 Å². The molecule has 5 nitrogen and oxygen atoms in total. The zero-order valence-corrected chi connectivity index (χ0v) is 19.2. The van der Waals surface area contributed by atoms with Crippen LogP contribution < -0.4 is 10.1 Å². The highest BCUT2D eigenvalue weighted by molar-refractivity contribution is 9.10. The number of rotatable bonds is 9. The summed E-state index contributed by atoms with van der Waals surface area (Å²) in [6.45, 7) is 5.72. The van der Waals surface area contributed by atoms with E-state index >= 15 is 0 Å². The van der Waals surface area contributed by atoms with E-state index in [0.717, 1.165) is 10.0 Å². The van der Waals surface area contributed by atoms with Crippen molar-refractivity contribution >= 4 is 39.3 Å². The molecule has 2 aromatic carbocycles. The molecular formula is C22H26BrClN2O3. The van der Waals surface area contributed by atoms with Gasteiger partial charge in [-0.1, -0.05) is 52.7 Å². The van der Waals surface area contributed by atoms with E-state index in [1.165, 1.54) is 4.90 Å². The van der Waals surface area contributed by atoms with E-state index in [1.807, 2.05) is 51.1 Å². The van der Waals surface area contributed by atoms with Crippen LogP contribution in [0.1, 0.15) is 32.8 Å². The number of hydrogen-bond donors (Lipinski definition) is 1. The molecule has 1 N–H and O–H groups in total. The Kier molecular flexibility index (Phi) is 8.99. The molecule has 0 saturated carbocycles. The lowest BCUT2D eigenvalue weighted by molar-refractivity contribution is -0.143. The molecule has 0 spiro atoms. The van der Waals surface area contributed by atoms with Crippen molar-refractivity contribution in [2.45, 2.75) is 45.8 Å². The van der Waals surface area contributed by atoms with Crippen molar-refractivity contribution in [3.63, 3.8) is 0 Å². The Labute approximate surface area is 185 Å². The lowest BCUT2D eigenvalue weighted by atomic mass is 10.1. The first kappa shape index (κ1) is 23.2. The number of carbonyl (C=O) groups excluding carboxylic acids is 2. The van der Waals surface area contributed by atoms with Gasteiger partial charge < -0.3 is 15.0 Å². The minimum absolute atomic E-state index is 0.0205. The lowest BCUT2D eigenvalue weighted by Gasteiger charge is -2.31. The molecule has 0 fully saturated rings. The fourth-order valence-electron chi connectivity index (χ4n) is 2.87. The summed E-state index contributed by atoms with van der Waals surface area (Å²) in [6.07, 6.45) is 0.479. The van der Waals surface area contributed by atoms with Crippen LogP contribution in [0.15, 0.2) is 53.0 Å². The zero-order chi connectivity index (χ0) is 21.4.